The summed E-state index contributed by atoms with van der Waals surface area (Å²) in [4.78, 5) is 36.6. The van der Waals surface area contributed by atoms with Crippen molar-refractivity contribution in [2.24, 2.45) is 0 Å². The Kier molecular flexibility index (Phi) is 11.9. The van der Waals surface area contributed by atoms with Gasteiger partial charge in [0.15, 0.2) is 0 Å². The molecule has 0 spiro atoms. The van der Waals surface area contributed by atoms with Crippen molar-refractivity contribution >= 4 is 17.6 Å². The molecule has 3 rings (SSSR count). The number of carbonyl (C=O) groups is 2. The van der Waals surface area contributed by atoms with Gasteiger partial charge in [-0.15, -0.1) is 0 Å². The topological polar surface area (TPSA) is 160 Å². The van der Waals surface area contributed by atoms with Crippen LogP contribution < -0.4 is 10.6 Å². The fraction of sp³-hybridized carbons (Fsp3) is 0.400. The summed E-state index contributed by atoms with van der Waals surface area (Å²) in [6.07, 6.45) is -3.17. The van der Waals surface area contributed by atoms with Crippen LogP contribution in [0.25, 0.3) is 0 Å². The van der Waals surface area contributed by atoms with E-state index < -0.39 is 52.0 Å². The molecule has 0 bridgehead atoms. The Morgan fingerprint density at radius 1 is 1.07 bits per heavy atom. The minimum atomic E-state index is -5.03. The Morgan fingerprint density at radius 3 is 2.43 bits per heavy atom. The van der Waals surface area contributed by atoms with E-state index in [0.29, 0.717) is 31.5 Å². The molecule has 0 radical (unpaired) electrons. The Balaban J connectivity index is 1.62. The van der Waals surface area contributed by atoms with Crippen LogP contribution in [0.5, 0.6) is 5.75 Å². The van der Waals surface area contributed by atoms with Gasteiger partial charge >= 0.3 is 18.1 Å². The molecule has 238 valence electrons. The molecular formula is C30H34F3N3O8. The van der Waals surface area contributed by atoms with Gasteiger partial charge in [-0.1, -0.05) is 37.1 Å². The first kappa shape index (κ1) is 34.1. The number of alkyl halides is 3. The lowest BCUT2D eigenvalue weighted by molar-refractivity contribution is -0.384. The molecule has 2 aromatic carbocycles. The molecule has 0 saturated heterocycles. The molecule has 0 saturated carbocycles. The van der Waals surface area contributed by atoms with Gasteiger partial charge in [-0.3, -0.25) is 10.1 Å². The summed E-state index contributed by atoms with van der Waals surface area (Å²) in [6, 6.07) is 11.0. The van der Waals surface area contributed by atoms with Gasteiger partial charge in [0, 0.05) is 24.4 Å². The van der Waals surface area contributed by atoms with Crippen LogP contribution in [0.1, 0.15) is 55.8 Å². The highest BCUT2D eigenvalue weighted by Gasteiger charge is 2.47. The number of aliphatic hydroxyl groups excluding tert-OH is 1. The number of nitro groups is 1. The third-order valence-corrected chi connectivity index (χ3v) is 6.96. The number of rotatable bonds is 14. The van der Waals surface area contributed by atoms with Crippen LogP contribution in [-0.4, -0.2) is 60.1 Å². The number of hydrogen-bond acceptors (Lipinski definition) is 10. The molecule has 4 N–H and O–H groups in total. The number of halogens is 3. The van der Waals surface area contributed by atoms with Crippen molar-refractivity contribution in [1.82, 2.24) is 10.6 Å². The molecule has 2 unspecified atom stereocenters. The molecular weight excluding hydrogens is 587 g/mol. The van der Waals surface area contributed by atoms with Crippen molar-refractivity contribution in [3.8, 4) is 5.75 Å². The highest BCUT2D eigenvalue weighted by atomic mass is 19.4. The van der Waals surface area contributed by atoms with Crippen molar-refractivity contribution in [3.63, 3.8) is 0 Å². The number of aliphatic hydroxyl groups is 1. The standard InChI is InChI=1S/C30H34F3N3O8/c1-18-24(29(40)44-14-6-4-3-5-13-34-17-23(38)19-9-8-12-22(37)16-19)25(20-10-7-11-21(15-20)36(41)42)26(28(39)43-2)27(35-18)30(31,32)33/h7-12,15-16,23,25,34-35,37-38H,3-6,13-14,17H2,1-2H3. The maximum Gasteiger partial charge on any atom is 0.431 e. The molecule has 1 aliphatic heterocycles. The molecule has 14 heteroatoms. The number of phenolic OH excluding ortho intramolecular Hbond substituents is 1. The zero-order valence-corrected chi connectivity index (χ0v) is 24.1. The van der Waals surface area contributed by atoms with Crippen molar-refractivity contribution in [2.45, 2.75) is 50.8 Å². The lowest BCUT2D eigenvalue weighted by Crippen LogP contribution is -2.38. The lowest BCUT2D eigenvalue weighted by Gasteiger charge is -2.31. The Morgan fingerprint density at radius 2 is 1.77 bits per heavy atom. The Bertz CT molecular complexity index is 1420. The first-order chi connectivity index (χ1) is 20.8. The summed E-state index contributed by atoms with van der Waals surface area (Å²) in [5.74, 6) is -3.91. The van der Waals surface area contributed by atoms with Crippen molar-refractivity contribution in [2.75, 3.05) is 26.8 Å². The molecule has 1 heterocycles. The van der Waals surface area contributed by atoms with Crippen LogP contribution in [0.4, 0.5) is 18.9 Å². The fourth-order valence-corrected chi connectivity index (χ4v) is 4.84. The molecule has 0 aliphatic carbocycles. The largest absolute Gasteiger partial charge is 0.508 e. The van der Waals surface area contributed by atoms with Gasteiger partial charge in [0.1, 0.15) is 11.4 Å². The van der Waals surface area contributed by atoms with Crippen LogP contribution in [-0.2, 0) is 19.1 Å². The maximum absolute atomic E-state index is 14.0. The number of benzene rings is 2. The highest BCUT2D eigenvalue weighted by molar-refractivity contribution is 6.00. The number of methoxy groups -OCH3 is 1. The molecule has 1 aliphatic rings. The number of nitrogens with zero attached hydrogens (tertiary/aromatic N) is 1. The third kappa shape index (κ3) is 8.80. The first-order valence-electron chi connectivity index (χ1n) is 13.8. The second-order valence-corrected chi connectivity index (χ2v) is 10.1. The average molecular weight is 622 g/mol. The summed E-state index contributed by atoms with van der Waals surface area (Å²) < 4.78 is 52.1. The SMILES string of the molecule is COC(=O)C1=C(C(F)(F)F)NC(C)=C(C(=O)OCCCCCCNCC(O)c2cccc(O)c2)C1c1cccc([N+](=O)[O-])c1. The number of ether oxygens (including phenoxy) is 2. The third-order valence-electron chi connectivity index (χ3n) is 6.96. The number of nitro benzene ring substituents is 1. The number of nitrogens with one attached hydrogen (secondary N) is 2. The maximum atomic E-state index is 14.0. The number of non-ortho nitro benzene ring substituents is 1. The van der Waals surface area contributed by atoms with E-state index in [-0.39, 0.29) is 29.2 Å². The van der Waals surface area contributed by atoms with E-state index in [0.717, 1.165) is 32.1 Å². The molecule has 2 atom stereocenters. The van der Waals surface area contributed by atoms with Crippen molar-refractivity contribution in [1.29, 1.82) is 0 Å². The number of hydrogen-bond donors (Lipinski definition) is 4. The number of esters is 2. The van der Waals surface area contributed by atoms with E-state index >= 15 is 0 Å². The number of allylic oxidation sites excluding steroid dienone is 2. The molecule has 0 fully saturated rings. The number of carbonyl (C=O) groups excluding carboxylic acids is 2. The minimum Gasteiger partial charge on any atom is -0.508 e. The first-order valence-corrected chi connectivity index (χ1v) is 13.8. The average Bonchev–Trinajstić information content (AvgIpc) is 2.98. The molecule has 0 amide bonds. The van der Waals surface area contributed by atoms with Gasteiger partial charge in [-0.25, -0.2) is 9.59 Å². The number of phenols is 1. The highest BCUT2D eigenvalue weighted by Crippen LogP contribution is 2.44. The van der Waals surface area contributed by atoms with Gasteiger partial charge in [0.25, 0.3) is 5.69 Å². The molecule has 2 aromatic rings. The van der Waals surface area contributed by atoms with Gasteiger partial charge in [-0.05, 0) is 49.6 Å². The Labute approximate surface area is 251 Å². The predicted octanol–water partition coefficient (Wildman–Crippen LogP) is 4.68. The van der Waals surface area contributed by atoms with E-state index in [2.05, 4.69) is 15.4 Å². The second-order valence-electron chi connectivity index (χ2n) is 10.1. The summed E-state index contributed by atoms with van der Waals surface area (Å²) in [7, 11) is 0.893. The molecule has 44 heavy (non-hydrogen) atoms. The van der Waals surface area contributed by atoms with E-state index in [1.54, 1.807) is 12.1 Å². The fourth-order valence-electron chi connectivity index (χ4n) is 4.84. The van der Waals surface area contributed by atoms with Crippen molar-refractivity contribution in [3.05, 3.63) is 92.3 Å². The summed E-state index contributed by atoms with van der Waals surface area (Å²) in [5, 5.41) is 36.3. The minimum absolute atomic E-state index is 0.0513. The predicted molar refractivity (Wildman–Crippen MR) is 152 cm³/mol. The smallest absolute Gasteiger partial charge is 0.431 e. The summed E-state index contributed by atoms with van der Waals surface area (Å²) >= 11 is 0. The van der Waals surface area contributed by atoms with Crippen molar-refractivity contribution < 1.29 is 47.4 Å². The zero-order chi connectivity index (χ0) is 32.4. The van der Waals surface area contributed by atoms with Crippen LogP contribution in [0.3, 0.4) is 0 Å². The van der Waals surface area contributed by atoms with Crippen LogP contribution in [0.2, 0.25) is 0 Å². The van der Waals surface area contributed by atoms with Crippen LogP contribution in [0, 0.1) is 10.1 Å². The van der Waals surface area contributed by atoms with E-state index in [4.69, 9.17) is 4.74 Å². The monoisotopic (exact) mass is 621 g/mol. The normalized spacial score (nSPS) is 15.9. The van der Waals surface area contributed by atoms with Crippen LogP contribution in [0.15, 0.2) is 71.1 Å². The summed E-state index contributed by atoms with van der Waals surface area (Å²) in [6.45, 7) is 2.09. The zero-order valence-electron chi connectivity index (χ0n) is 24.1. The number of unbranched alkanes of at least 4 members (excludes halogenated alkanes) is 3. The lowest BCUT2D eigenvalue weighted by atomic mass is 9.80. The van der Waals surface area contributed by atoms with Gasteiger partial charge in [0.05, 0.1) is 41.8 Å². The van der Waals surface area contributed by atoms with E-state index in [9.17, 15) is 43.1 Å². The molecule has 0 aromatic heterocycles. The van der Waals surface area contributed by atoms with E-state index in [1.807, 2.05) is 0 Å². The quantitative estimate of drug-likeness (QED) is 0.101. The number of aromatic hydroxyl groups is 1. The van der Waals surface area contributed by atoms with Gasteiger partial charge in [-0.2, -0.15) is 13.2 Å². The van der Waals surface area contributed by atoms with Gasteiger partial charge < -0.3 is 30.3 Å². The number of dihydropyridines is 1. The van der Waals surface area contributed by atoms with Gasteiger partial charge in [0.2, 0.25) is 0 Å². The second kappa shape index (κ2) is 15.3. The van der Waals surface area contributed by atoms with E-state index in [1.165, 1.54) is 31.2 Å². The summed E-state index contributed by atoms with van der Waals surface area (Å²) in [5.41, 5.74) is -2.80. The van der Waals surface area contributed by atoms with Crippen LogP contribution >= 0.6 is 0 Å². The Hall–Kier alpha value is -4.43. The molecule has 11 nitrogen and oxygen atoms in total.